The number of aryl methyl sites for hydroxylation is 2. The number of hydrogen-bond acceptors (Lipinski definition) is 5. The van der Waals surface area contributed by atoms with Crippen molar-refractivity contribution in [3.8, 4) is 0 Å². The number of rotatable bonds is 2. The van der Waals surface area contributed by atoms with Gasteiger partial charge in [0.25, 0.3) is 11.5 Å². The van der Waals surface area contributed by atoms with Gasteiger partial charge in [0.1, 0.15) is 0 Å². The van der Waals surface area contributed by atoms with Gasteiger partial charge in [-0.15, -0.1) is 0 Å². The maximum atomic E-state index is 12.6. The number of carbonyl (C=O) groups excluding carboxylic acids is 1. The van der Waals surface area contributed by atoms with E-state index in [0.29, 0.717) is 30.0 Å². The lowest BCUT2D eigenvalue weighted by Gasteiger charge is -2.31. The summed E-state index contributed by atoms with van der Waals surface area (Å²) in [6, 6.07) is 3.56. The van der Waals surface area contributed by atoms with Crippen molar-refractivity contribution in [3.63, 3.8) is 0 Å². The summed E-state index contributed by atoms with van der Waals surface area (Å²) in [4.78, 5) is 31.3. The number of nitrogens with zero attached hydrogens (tertiary/aromatic N) is 4. The summed E-state index contributed by atoms with van der Waals surface area (Å²) in [5.74, 6) is 0.246. The molecule has 0 spiro atoms. The molecule has 1 N–H and O–H groups in total. The molecule has 1 atom stereocenters. The molecule has 1 fully saturated rings. The van der Waals surface area contributed by atoms with Crippen LogP contribution >= 0.6 is 0 Å². The Labute approximate surface area is 149 Å². The van der Waals surface area contributed by atoms with Gasteiger partial charge in [-0.2, -0.15) is 0 Å². The van der Waals surface area contributed by atoms with Crippen LogP contribution in [0.1, 0.15) is 52.0 Å². The molecule has 1 aliphatic rings. The zero-order valence-corrected chi connectivity index (χ0v) is 15.1. The SMILES string of the molecule is Cc1cc(C(=O)N2CCC[C@@H](c3cc4nc(C)c(C)c(=O)n4[nH]3)C2)on1. The van der Waals surface area contributed by atoms with E-state index in [1.807, 2.05) is 13.0 Å². The molecule has 0 bridgehead atoms. The standard InChI is InChI=1S/C18H21N5O3/c1-10-7-15(26-21-10)18(25)22-6-4-5-13(9-22)14-8-16-19-12(3)11(2)17(24)23(16)20-14/h7-8,13,20H,4-6,9H2,1-3H3/t13-/m1/s1. The molecule has 3 aromatic rings. The topological polar surface area (TPSA) is 96.5 Å². The molecule has 26 heavy (non-hydrogen) atoms. The number of nitrogens with one attached hydrogen (secondary N) is 1. The van der Waals surface area contributed by atoms with Crippen molar-refractivity contribution in [1.82, 2.24) is 24.7 Å². The molecule has 8 nitrogen and oxygen atoms in total. The molecule has 1 saturated heterocycles. The largest absolute Gasteiger partial charge is 0.351 e. The van der Waals surface area contributed by atoms with E-state index in [-0.39, 0.29) is 23.1 Å². The van der Waals surface area contributed by atoms with Gasteiger partial charge >= 0.3 is 0 Å². The maximum absolute atomic E-state index is 12.6. The summed E-state index contributed by atoms with van der Waals surface area (Å²) in [6.45, 7) is 6.66. The van der Waals surface area contributed by atoms with Gasteiger partial charge in [-0.25, -0.2) is 9.50 Å². The lowest BCUT2D eigenvalue weighted by molar-refractivity contribution is 0.0663. The Morgan fingerprint density at radius 2 is 2.12 bits per heavy atom. The van der Waals surface area contributed by atoms with Crippen LogP contribution < -0.4 is 5.56 Å². The third kappa shape index (κ3) is 2.71. The fraction of sp³-hybridized carbons (Fsp3) is 0.444. The van der Waals surface area contributed by atoms with Gasteiger partial charge in [0.15, 0.2) is 5.65 Å². The summed E-state index contributed by atoms with van der Waals surface area (Å²) >= 11 is 0. The van der Waals surface area contributed by atoms with Crippen LogP contribution in [0, 0.1) is 20.8 Å². The smallest absolute Gasteiger partial charge is 0.292 e. The number of hydrogen-bond donors (Lipinski definition) is 1. The molecular formula is C18H21N5O3. The van der Waals surface area contributed by atoms with Gasteiger partial charge in [-0.3, -0.25) is 14.7 Å². The Morgan fingerprint density at radius 3 is 2.85 bits per heavy atom. The van der Waals surface area contributed by atoms with Crippen molar-refractivity contribution in [3.05, 3.63) is 50.9 Å². The Balaban J connectivity index is 1.62. The molecule has 0 aromatic carbocycles. The number of H-pyrrole nitrogens is 1. The van der Waals surface area contributed by atoms with Crippen molar-refractivity contribution in [2.45, 2.75) is 39.5 Å². The number of aromatic nitrogens is 4. The first-order chi connectivity index (χ1) is 12.4. The molecule has 4 rings (SSSR count). The fourth-order valence-electron chi connectivity index (χ4n) is 3.48. The minimum Gasteiger partial charge on any atom is -0.351 e. The van der Waals surface area contributed by atoms with E-state index in [0.717, 1.165) is 24.2 Å². The first-order valence-electron chi connectivity index (χ1n) is 8.75. The highest BCUT2D eigenvalue weighted by Crippen LogP contribution is 2.27. The van der Waals surface area contributed by atoms with E-state index in [1.165, 1.54) is 4.52 Å². The van der Waals surface area contributed by atoms with Gasteiger partial charge in [0.2, 0.25) is 5.76 Å². The van der Waals surface area contributed by atoms with Crippen LogP contribution in [0.5, 0.6) is 0 Å². The van der Waals surface area contributed by atoms with E-state index >= 15 is 0 Å². The number of fused-ring (bicyclic) bond motifs is 1. The highest BCUT2D eigenvalue weighted by Gasteiger charge is 2.28. The predicted octanol–water partition coefficient (Wildman–Crippen LogP) is 1.96. The van der Waals surface area contributed by atoms with Crippen LogP contribution in [0.4, 0.5) is 0 Å². The zero-order valence-electron chi connectivity index (χ0n) is 15.1. The fourth-order valence-corrected chi connectivity index (χ4v) is 3.48. The summed E-state index contributed by atoms with van der Waals surface area (Å²) in [5.41, 5.74) is 3.51. The summed E-state index contributed by atoms with van der Waals surface area (Å²) in [7, 11) is 0. The van der Waals surface area contributed by atoms with E-state index in [4.69, 9.17) is 4.52 Å². The molecule has 0 aliphatic carbocycles. The summed E-state index contributed by atoms with van der Waals surface area (Å²) in [6.07, 6.45) is 1.83. The second-order valence-corrected chi connectivity index (χ2v) is 6.96. The van der Waals surface area contributed by atoms with Crippen LogP contribution in [0.25, 0.3) is 5.65 Å². The van der Waals surface area contributed by atoms with E-state index < -0.39 is 0 Å². The Morgan fingerprint density at radius 1 is 1.31 bits per heavy atom. The minimum atomic E-state index is -0.145. The third-order valence-corrected chi connectivity index (χ3v) is 5.09. The highest BCUT2D eigenvalue weighted by molar-refractivity contribution is 5.91. The molecule has 0 unspecified atom stereocenters. The first-order valence-corrected chi connectivity index (χ1v) is 8.75. The average Bonchev–Trinajstić information content (AvgIpc) is 3.26. The number of likely N-dealkylation sites (tertiary alicyclic amines) is 1. The minimum absolute atomic E-state index is 0.0837. The van der Waals surface area contributed by atoms with Crippen molar-refractivity contribution in [1.29, 1.82) is 0 Å². The molecule has 8 heteroatoms. The monoisotopic (exact) mass is 355 g/mol. The normalized spacial score (nSPS) is 17.8. The van der Waals surface area contributed by atoms with Gasteiger partial charge in [0, 0.05) is 48.1 Å². The molecular weight excluding hydrogens is 334 g/mol. The second kappa shape index (κ2) is 6.12. The number of piperidine rings is 1. The maximum Gasteiger partial charge on any atom is 0.292 e. The third-order valence-electron chi connectivity index (χ3n) is 5.09. The lowest BCUT2D eigenvalue weighted by Crippen LogP contribution is -2.39. The summed E-state index contributed by atoms with van der Waals surface area (Å²) < 4.78 is 6.59. The molecule has 4 heterocycles. The van der Waals surface area contributed by atoms with E-state index in [9.17, 15) is 9.59 Å². The van der Waals surface area contributed by atoms with E-state index in [2.05, 4.69) is 15.2 Å². The molecule has 3 aromatic heterocycles. The van der Waals surface area contributed by atoms with Crippen LogP contribution in [0.15, 0.2) is 21.5 Å². The molecule has 1 amide bonds. The van der Waals surface area contributed by atoms with Gasteiger partial charge in [-0.05, 0) is 33.6 Å². The van der Waals surface area contributed by atoms with Gasteiger partial charge in [-0.1, -0.05) is 5.16 Å². The molecule has 1 aliphatic heterocycles. The second-order valence-electron chi connectivity index (χ2n) is 6.96. The van der Waals surface area contributed by atoms with Crippen LogP contribution in [0.2, 0.25) is 0 Å². The van der Waals surface area contributed by atoms with Crippen LogP contribution in [0.3, 0.4) is 0 Å². The van der Waals surface area contributed by atoms with Crippen molar-refractivity contribution < 1.29 is 9.32 Å². The van der Waals surface area contributed by atoms with Crippen molar-refractivity contribution >= 4 is 11.6 Å². The Kier molecular flexibility index (Phi) is 3.90. The Hall–Kier alpha value is -2.90. The lowest BCUT2D eigenvalue weighted by atomic mass is 9.94. The first kappa shape index (κ1) is 16.6. The predicted molar refractivity (Wildman–Crippen MR) is 94.4 cm³/mol. The highest BCUT2D eigenvalue weighted by atomic mass is 16.5. The number of carbonyl (C=O) groups is 1. The average molecular weight is 355 g/mol. The molecule has 136 valence electrons. The van der Waals surface area contributed by atoms with Crippen molar-refractivity contribution in [2.75, 3.05) is 13.1 Å². The number of amides is 1. The van der Waals surface area contributed by atoms with Gasteiger partial charge in [0.05, 0.1) is 5.69 Å². The van der Waals surface area contributed by atoms with E-state index in [1.54, 1.807) is 24.8 Å². The number of aromatic amines is 1. The van der Waals surface area contributed by atoms with Crippen LogP contribution in [-0.4, -0.2) is 43.7 Å². The quantitative estimate of drug-likeness (QED) is 0.758. The molecule has 0 radical (unpaired) electrons. The summed E-state index contributed by atoms with van der Waals surface area (Å²) in [5, 5.41) is 6.96. The Bertz CT molecular complexity index is 1040. The molecule has 0 saturated carbocycles. The van der Waals surface area contributed by atoms with Crippen molar-refractivity contribution in [2.24, 2.45) is 0 Å². The van der Waals surface area contributed by atoms with Crippen LogP contribution in [-0.2, 0) is 0 Å². The zero-order chi connectivity index (χ0) is 18.4. The van der Waals surface area contributed by atoms with Gasteiger partial charge < -0.3 is 9.42 Å².